The Morgan fingerprint density at radius 1 is 1.23 bits per heavy atom. The maximum absolute atomic E-state index is 12.5. The lowest BCUT2D eigenvalue weighted by molar-refractivity contribution is 0.143. The molecule has 1 fully saturated rings. The summed E-state index contributed by atoms with van der Waals surface area (Å²) in [6.45, 7) is 7.46. The van der Waals surface area contributed by atoms with Gasteiger partial charge < -0.3 is 4.74 Å². The second-order valence-corrected chi connectivity index (χ2v) is 8.28. The molecule has 1 aliphatic heterocycles. The molecule has 1 aromatic heterocycles. The van der Waals surface area contributed by atoms with Gasteiger partial charge in [-0.3, -0.25) is 10.00 Å². The van der Waals surface area contributed by atoms with Gasteiger partial charge in [0.1, 0.15) is 11.0 Å². The number of aromatic nitrogens is 2. The average Bonchev–Trinajstić information content (AvgIpc) is 3.07. The first kappa shape index (κ1) is 18.4. The summed E-state index contributed by atoms with van der Waals surface area (Å²) < 4.78 is 32.8. The highest BCUT2D eigenvalue weighted by atomic mass is 32.2. The summed E-state index contributed by atoms with van der Waals surface area (Å²) >= 11 is 0. The summed E-state index contributed by atoms with van der Waals surface area (Å²) in [5, 5.41) is 6.56. The molecule has 2 aromatic rings. The van der Waals surface area contributed by atoms with E-state index in [1.165, 1.54) is 4.90 Å². The lowest BCUT2D eigenvalue weighted by Gasteiger charge is -2.15. The van der Waals surface area contributed by atoms with Crippen LogP contribution in [0.2, 0.25) is 0 Å². The van der Waals surface area contributed by atoms with E-state index >= 15 is 0 Å². The number of H-pyrrole nitrogens is 1. The van der Waals surface area contributed by atoms with Gasteiger partial charge in [0.05, 0.1) is 17.9 Å². The van der Waals surface area contributed by atoms with E-state index in [1.807, 2.05) is 32.0 Å². The van der Waals surface area contributed by atoms with E-state index in [2.05, 4.69) is 14.9 Å². The maximum atomic E-state index is 12.5. The van der Waals surface area contributed by atoms with Crippen LogP contribution in [0, 0.1) is 27.7 Å². The number of hydrogen-bond donors (Lipinski definition) is 2. The summed E-state index contributed by atoms with van der Waals surface area (Å²) in [7, 11) is -3.73. The van der Waals surface area contributed by atoms with Crippen LogP contribution in [0.4, 0.5) is 10.5 Å². The first-order valence-electron chi connectivity index (χ1n) is 8.25. The number of nitrogens with one attached hydrogen (secondary N) is 2. The molecule has 9 heteroatoms. The summed E-state index contributed by atoms with van der Waals surface area (Å²) in [6, 6.07) is 5.82. The van der Waals surface area contributed by atoms with Gasteiger partial charge in [-0.25, -0.2) is 17.9 Å². The van der Waals surface area contributed by atoms with Crippen LogP contribution in [-0.4, -0.2) is 43.9 Å². The Morgan fingerprint density at radius 2 is 1.88 bits per heavy atom. The van der Waals surface area contributed by atoms with Crippen molar-refractivity contribution in [2.24, 2.45) is 0 Å². The predicted molar refractivity (Wildman–Crippen MR) is 96.8 cm³/mol. The summed E-state index contributed by atoms with van der Waals surface area (Å²) in [5.74, 6) is 0. The number of sulfonamides is 1. The molecule has 2 N–H and O–H groups in total. The Hall–Kier alpha value is -2.39. The van der Waals surface area contributed by atoms with Gasteiger partial charge in [0.15, 0.2) is 0 Å². The molecule has 0 bridgehead atoms. The maximum Gasteiger partial charge on any atom is 0.414 e. The van der Waals surface area contributed by atoms with Crippen molar-refractivity contribution in [3.63, 3.8) is 0 Å². The number of rotatable bonds is 5. The minimum atomic E-state index is -3.73. The average molecular weight is 378 g/mol. The Labute approximate surface area is 152 Å². The second-order valence-electron chi connectivity index (χ2n) is 6.58. The molecule has 1 saturated heterocycles. The van der Waals surface area contributed by atoms with Gasteiger partial charge in [0, 0.05) is 12.2 Å². The minimum Gasteiger partial charge on any atom is -0.443 e. The van der Waals surface area contributed by atoms with E-state index in [9.17, 15) is 13.2 Å². The molecule has 1 aromatic carbocycles. The van der Waals surface area contributed by atoms with Crippen molar-refractivity contribution < 1.29 is 17.9 Å². The molecule has 0 radical (unpaired) electrons. The molecule has 140 valence electrons. The molecule has 0 spiro atoms. The van der Waals surface area contributed by atoms with E-state index in [0.717, 1.165) is 16.8 Å². The molecule has 0 saturated carbocycles. The van der Waals surface area contributed by atoms with Crippen molar-refractivity contribution >= 4 is 21.8 Å². The predicted octanol–water partition coefficient (Wildman–Crippen LogP) is 1.95. The number of cyclic esters (lactones) is 1. The van der Waals surface area contributed by atoms with Crippen molar-refractivity contribution in [1.82, 2.24) is 14.9 Å². The molecule has 1 atom stereocenters. The highest BCUT2D eigenvalue weighted by Crippen LogP contribution is 2.24. The molecule has 8 nitrogen and oxygen atoms in total. The summed E-state index contributed by atoms with van der Waals surface area (Å²) in [4.78, 5) is 13.8. The van der Waals surface area contributed by atoms with Gasteiger partial charge in [0.25, 0.3) is 0 Å². The van der Waals surface area contributed by atoms with Crippen molar-refractivity contribution in [3.8, 4) is 0 Å². The highest BCUT2D eigenvalue weighted by Gasteiger charge is 2.34. The number of hydrogen-bond acceptors (Lipinski definition) is 5. The molecule has 2 heterocycles. The van der Waals surface area contributed by atoms with Gasteiger partial charge in [-0.1, -0.05) is 6.07 Å². The molecule has 1 aliphatic rings. The fraction of sp³-hybridized carbons (Fsp3) is 0.412. The third-order valence-electron chi connectivity index (χ3n) is 4.22. The number of amides is 1. The van der Waals surface area contributed by atoms with Crippen molar-refractivity contribution in [1.29, 1.82) is 0 Å². The number of carbonyl (C=O) groups excluding carboxylic acids is 1. The molecule has 1 unspecified atom stereocenters. The summed E-state index contributed by atoms with van der Waals surface area (Å²) in [5.41, 5.74) is 3.70. The van der Waals surface area contributed by atoms with E-state index in [4.69, 9.17) is 4.74 Å². The van der Waals surface area contributed by atoms with Crippen LogP contribution in [0.1, 0.15) is 22.5 Å². The number of aryl methyl sites for hydroxylation is 4. The standard InChI is InChI=1S/C17H22N4O4S/c1-10-5-11(2)7-14(6-10)21-9-15(25-17(21)22)8-18-26(23,24)16-12(3)19-20-13(16)4/h5-7,15,18H,8-9H2,1-4H3,(H,19,20). The number of benzene rings is 1. The highest BCUT2D eigenvalue weighted by molar-refractivity contribution is 7.89. The Bertz CT molecular complexity index is 912. The lowest BCUT2D eigenvalue weighted by atomic mass is 10.1. The van der Waals surface area contributed by atoms with Crippen LogP contribution in [0.3, 0.4) is 0 Å². The topological polar surface area (TPSA) is 104 Å². The molecule has 26 heavy (non-hydrogen) atoms. The zero-order chi connectivity index (χ0) is 19.1. The molecular formula is C17H22N4O4S. The van der Waals surface area contributed by atoms with Crippen LogP contribution >= 0.6 is 0 Å². The van der Waals surface area contributed by atoms with Crippen molar-refractivity contribution in [3.05, 3.63) is 40.7 Å². The van der Waals surface area contributed by atoms with E-state index in [-0.39, 0.29) is 18.0 Å². The summed E-state index contributed by atoms with van der Waals surface area (Å²) in [6.07, 6.45) is -1.04. The number of nitrogens with zero attached hydrogens (tertiary/aromatic N) is 2. The number of anilines is 1. The second kappa shape index (κ2) is 6.73. The van der Waals surface area contributed by atoms with Gasteiger partial charge in [-0.15, -0.1) is 0 Å². The van der Waals surface area contributed by atoms with Crippen molar-refractivity contribution in [2.75, 3.05) is 18.0 Å². The minimum absolute atomic E-state index is 0.000564. The van der Waals surface area contributed by atoms with Crippen LogP contribution < -0.4 is 9.62 Å². The fourth-order valence-corrected chi connectivity index (χ4v) is 4.59. The molecule has 1 amide bonds. The first-order valence-corrected chi connectivity index (χ1v) is 9.73. The van der Waals surface area contributed by atoms with E-state index < -0.39 is 22.2 Å². The Balaban J connectivity index is 1.70. The number of aromatic amines is 1. The van der Waals surface area contributed by atoms with E-state index in [0.29, 0.717) is 11.4 Å². The van der Waals surface area contributed by atoms with Crippen LogP contribution in [0.25, 0.3) is 0 Å². The van der Waals surface area contributed by atoms with Gasteiger partial charge in [-0.2, -0.15) is 5.10 Å². The zero-order valence-corrected chi connectivity index (χ0v) is 16.0. The molecule has 3 rings (SSSR count). The Morgan fingerprint density at radius 3 is 2.46 bits per heavy atom. The smallest absolute Gasteiger partial charge is 0.414 e. The van der Waals surface area contributed by atoms with Crippen molar-refractivity contribution in [2.45, 2.75) is 38.7 Å². The van der Waals surface area contributed by atoms with Crippen LogP contribution in [-0.2, 0) is 14.8 Å². The third kappa shape index (κ3) is 3.58. The first-order chi connectivity index (χ1) is 12.2. The monoisotopic (exact) mass is 378 g/mol. The third-order valence-corrected chi connectivity index (χ3v) is 5.91. The van der Waals surface area contributed by atoms with Gasteiger partial charge >= 0.3 is 6.09 Å². The van der Waals surface area contributed by atoms with Crippen LogP contribution in [0.5, 0.6) is 0 Å². The molecular weight excluding hydrogens is 356 g/mol. The Kier molecular flexibility index (Phi) is 4.76. The fourth-order valence-electron chi connectivity index (χ4n) is 3.16. The zero-order valence-electron chi connectivity index (χ0n) is 15.2. The quantitative estimate of drug-likeness (QED) is 0.827. The number of ether oxygens (including phenoxy) is 1. The van der Waals surface area contributed by atoms with Crippen LogP contribution in [0.15, 0.2) is 23.1 Å². The van der Waals surface area contributed by atoms with Gasteiger partial charge in [-0.05, 0) is 51.0 Å². The largest absolute Gasteiger partial charge is 0.443 e. The molecule has 0 aliphatic carbocycles. The lowest BCUT2D eigenvalue weighted by Crippen LogP contribution is -2.35. The van der Waals surface area contributed by atoms with E-state index in [1.54, 1.807) is 13.8 Å². The SMILES string of the molecule is Cc1cc(C)cc(N2CC(CNS(=O)(=O)c3c(C)n[nH]c3C)OC2=O)c1. The van der Waals surface area contributed by atoms with Gasteiger partial charge in [0.2, 0.25) is 10.0 Å². The normalized spacial score (nSPS) is 17.6. The number of carbonyl (C=O) groups is 1.